The van der Waals surface area contributed by atoms with Crippen molar-refractivity contribution in [1.82, 2.24) is 29.7 Å². The number of halogens is 1. The highest BCUT2D eigenvalue weighted by atomic mass is 19.1. The second-order valence-electron chi connectivity index (χ2n) is 10.5. The molecule has 204 valence electrons. The van der Waals surface area contributed by atoms with Crippen LogP contribution in [0.2, 0.25) is 0 Å². The van der Waals surface area contributed by atoms with Crippen molar-refractivity contribution in [2.24, 2.45) is 0 Å². The summed E-state index contributed by atoms with van der Waals surface area (Å²) in [7, 11) is 0. The van der Waals surface area contributed by atoms with Gasteiger partial charge in [-0.05, 0) is 46.8 Å². The third-order valence-electron chi connectivity index (χ3n) is 7.62. The predicted molar refractivity (Wildman–Crippen MR) is 148 cm³/mol. The SMILES string of the molecule is Cc1ccc(F)c(CN2CCN(Cc3[nH]cc(C)c(=O)c3C)CCN(Cc3[nH]cc(C)c(=O)c3C)CC2)n1. The highest BCUT2D eigenvalue weighted by molar-refractivity contribution is 5.24. The fourth-order valence-corrected chi connectivity index (χ4v) is 4.95. The van der Waals surface area contributed by atoms with Crippen molar-refractivity contribution in [2.45, 2.75) is 54.3 Å². The van der Waals surface area contributed by atoms with Crippen LogP contribution in [0.5, 0.6) is 0 Å². The van der Waals surface area contributed by atoms with Crippen molar-refractivity contribution in [3.63, 3.8) is 0 Å². The summed E-state index contributed by atoms with van der Waals surface area (Å²) >= 11 is 0. The van der Waals surface area contributed by atoms with Gasteiger partial charge in [0.15, 0.2) is 10.9 Å². The first-order valence-corrected chi connectivity index (χ1v) is 13.3. The van der Waals surface area contributed by atoms with E-state index in [4.69, 9.17) is 0 Å². The zero-order valence-corrected chi connectivity index (χ0v) is 23.2. The van der Waals surface area contributed by atoms with Crippen molar-refractivity contribution in [3.05, 3.63) is 95.8 Å². The van der Waals surface area contributed by atoms with Crippen LogP contribution >= 0.6 is 0 Å². The van der Waals surface area contributed by atoms with E-state index in [-0.39, 0.29) is 16.7 Å². The van der Waals surface area contributed by atoms with E-state index in [2.05, 4.69) is 29.7 Å². The Hall–Kier alpha value is -3.14. The number of H-pyrrole nitrogens is 2. The topological polar surface area (TPSA) is 88.3 Å². The number of aryl methyl sites for hydroxylation is 3. The van der Waals surface area contributed by atoms with Gasteiger partial charge in [0, 0.05) is 111 Å². The number of hydrogen-bond donors (Lipinski definition) is 2. The summed E-state index contributed by atoms with van der Waals surface area (Å²) in [6.45, 7) is 15.6. The third-order valence-corrected chi connectivity index (χ3v) is 7.62. The molecule has 0 bridgehead atoms. The van der Waals surface area contributed by atoms with Crippen LogP contribution in [0.4, 0.5) is 4.39 Å². The second kappa shape index (κ2) is 12.1. The minimum absolute atomic E-state index is 0.0751. The Balaban J connectivity index is 1.57. The maximum Gasteiger partial charge on any atom is 0.187 e. The van der Waals surface area contributed by atoms with E-state index in [1.165, 1.54) is 6.07 Å². The van der Waals surface area contributed by atoms with Crippen LogP contribution in [0.3, 0.4) is 0 Å². The van der Waals surface area contributed by atoms with E-state index in [1.807, 2.05) is 34.6 Å². The molecule has 8 nitrogen and oxygen atoms in total. The molecule has 3 aromatic rings. The Morgan fingerprint density at radius 2 is 1.13 bits per heavy atom. The third kappa shape index (κ3) is 6.64. The molecule has 4 heterocycles. The Morgan fingerprint density at radius 1 is 0.711 bits per heavy atom. The lowest BCUT2D eigenvalue weighted by atomic mass is 10.1. The molecule has 0 radical (unpaired) electrons. The Labute approximate surface area is 223 Å². The van der Waals surface area contributed by atoms with Gasteiger partial charge >= 0.3 is 0 Å². The monoisotopic (exact) mass is 522 g/mol. The molecule has 0 atom stereocenters. The molecule has 9 heteroatoms. The molecule has 4 rings (SSSR count). The summed E-state index contributed by atoms with van der Waals surface area (Å²) in [5.74, 6) is -0.287. The van der Waals surface area contributed by atoms with Crippen LogP contribution in [-0.2, 0) is 19.6 Å². The molecule has 1 saturated heterocycles. The van der Waals surface area contributed by atoms with Crippen molar-refractivity contribution >= 4 is 0 Å². The van der Waals surface area contributed by atoms with Gasteiger partial charge in [0.25, 0.3) is 0 Å². The average molecular weight is 523 g/mol. The van der Waals surface area contributed by atoms with Crippen LogP contribution in [-0.4, -0.2) is 68.9 Å². The largest absolute Gasteiger partial charge is 0.363 e. The molecule has 1 aliphatic heterocycles. The van der Waals surface area contributed by atoms with Crippen LogP contribution < -0.4 is 10.9 Å². The number of pyridine rings is 3. The fourth-order valence-electron chi connectivity index (χ4n) is 4.95. The van der Waals surface area contributed by atoms with Crippen LogP contribution in [0.25, 0.3) is 0 Å². The second-order valence-corrected chi connectivity index (χ2v) is 10.5. The quantitative estimate of drug-likeness (QED) is 0.518. The molecule has 0 unspecified atom stereocenters. The van der Waals surface area contributed by atoms with Gasteiger partial charge in [-0.3, -0.25) is 29.3 Å². The number of nitrogens with one attached hydrogen (secondary N) is 2. The summed E-state index contributed by atoms with van der Waals surface area (Å²) in [6.07, 6.45) is 3.56. The number of aromatic nitrogens is 3. The first kappa shape index (κ1) is 27.9. The van der Waals surface area contributed by atoms with Gasteiger partial charge in [0.2, 0.25) is 0 Å². The average Bonchev–Trinajstić information content (AvgIpc) is 2.98. The summed E-state index contributed by atoms with van der Waals surface area (Å²) in [6, 6.07) is 3.18. The lowest BCUT2D eigenvalue weighted by Gasteiger charge is -2.26. The molecule has 0 aromatic carbocycles. The lowest BCUT2D eigenvalue weighted by Crippen LogP contribution is -2.36. The van der Waals surface area contributed by atoms with Gasteiger partial charge in [0.1, 0.15) is 5.82 Å². The van der Waals surface area contributed by atoms with Crippen molar-refractivity contribution in [3.8, 4) is 0 Å². The Morgan fingerprint density at radius 3 is 1.58 bits per heavy atom. The first-order chi connectivity index (χ1) is 18.1. The van der Waals surface area contributed by atoms with Gasteiger partial charge in [-0.2, -0.15) is 0 Å². The van der Waals surface area contributed by atoms with Gasteiger partial charge in [-0.15, -0.1) is 0 Å². The minimum Gasteiger partial charge on any atom is -0.363 e. The van der Waals surface area contributed by atoms with Gasteiger partial charge < -0.3 is 9.97 Å². The number of hydrogen-bond acceptors (Lipinski definition) is 6. The van der Waals surface area contributed by atoms with Gasteiger partial charge in [0.05, 0.1) is 5.69 Å². The fraction of sp³-hybridized carbons (Fsp3) is 0.483. The zero-order chi connectivity index (χ0) is 27.4. The minimum atomic E-state index is -0.287. The van der Waals surface area contributed by atoms with E-state index in [1.54, 1.807) is 18.5 Å². The smallest absolute Gasteiger partial charge is 0.187 e. The molecule has 0 spiro atoms. The van der Waals surface area contributed by atoms with Crippen molar-refractivity contribution in [2.75, 3.05) is 39.3 Å². The summed E-state index contributed by atoms with van der Waals surface area (Å²) in [5.41, 5.74) is 6.16. The lowest BCUT2D eigenvalue weighted by molar-refractivity contribution is 0.204. The van der Waals surface area contributed by atoms with Crippen LogP contribution in [0.1, 0.15) is 45.0 Å². The molecule has 1 fully saturated rings. The van der Waals surface area contributed by atoms with E-state index in [0.29, 0.717) is 36.5 Å². The standard InChI is InChI=1S/C29H39FN6O2/c1-19-14-31-25(22(4)28(19)37)16-34-8-9-35(17-26-23(5)29(38)20(2)15-32-26)11-13-36(12-10-34)18-27-24(30)7-6-21(3)33-27/h6-7,14-15H,8-13,16-18H2,1-5H3,(H,31,37)(H,32,38). The highest BCUT2D eigenvalue weighted by Crippen LogP contribution is 2.14. The molecule has 0 aliphatic carbocycles. The maximum absolute atomic E-state index is 14.6. The Kier molecular flexibility index (Phi) is 8.91. The van der Waals surface area contributed by atoms with Crippen LogP contribution in [0.15, 0.2) is 34.1 Å². The summed E-state index contributed by atoms with van der Waals surface area (Å²) in [4.78, 5) is 43.1. The highest BCUT2D eigenvalue weighted by Gasteiger charge is 2.20. The molecule has 3 aromatic heterocycles. The van der Waals surface area contributed by atoms with Crippen LogP contribution in [0, 0.1) is 40.4 Å². The molecular formula is C29H39FN6O2. The summed E-state index contributed by atoms with van der Waals surface area (Å²) in [5, 5.41) is 0. The zero-order valence-electron chi connectivity index (χ0n) is 23.2. The number of nitrogens with zero attached hydrogens (tertiary/aromatic N) is 4. The number of rotatable bonds is 6. The van der Waals surface area contributed by atoms with Crippen molar-refractivity contribution < 1.29 is 4.39 Å². The van der Waals surface area contributed by atoms with E-state index < -0.39 is 0 Å². The molecule has 38 heavy (non-hydrogen) atoms. The first-order valence-electron chi connectivity index (χ1n) is 13.3. The Bertz CT molecular complexity index is 1320. The van der Waals surface area contributed by atoms with Gasteiger partial charge in [-0.1, -0.05) is 0 Å². The summed E-state index contributed by atoms with van der Waals surface area (Å²) < 4.78 is 14.6. The normalized spacial score (nSPS) is 16.3. The molecular weight excluding hydrogens is 483 g/mol. The molecule has 0 saturated carbocycles. The van der Waals surface area contributed by atoms with Crippen molar-refractivity contribution in [1.29, 1.82) is 0 Å². The molecule has 1 aliphatic rings. The van der Waals surface area contributed by atoms with E-state index >= 15 is 0 Å². The van der Waals surface area contributed by atoms with E-state index in [9.17, 15) is 14.0 Å². The predicted octanol–water partition coefficient (Wildman–Crippen LogP) is 2.96. The maximum atomic E-state index is 14.6. The number of aromatic amines is 2. The molecule has 0 amide bonds. The molecule has 2 N–H and O–H groups in total. The van der Waals surface area contributed by atoms with Gasteiger partial charge in [-0.25, -0.2) is 4.39 Å². The van der Waals surface area contributed by atoms with E-state index in [0.717, 1.165) is 67.5 Å².